The van der Waals surface area contributed by atoms with Gasteiger partial charge < -0.3 is 21.5 Å². The number of aliphatic carboxylic acids is 1. The smallest absolute Gasteiger partial charge is 0.322 e. The third-order valence-corrected chi connectivity index (χ3v) is 2.98. The summed E-state index contributed by atoms with van der Waals surface area (Å²) in [5, 5.41) is 13.4. The van der Waals surface area contributed by atoms with Crippen LogP contribution in [0.3, 0.4) is 0 Å². The molecule has 0 radical (unpaired) electrons. The maximum atomic E-state index is 12.0. The van der Waals surface area contributed by atoms with E-state index in [-0.39, 0.29) is 5.91 Å². The monoisotopic (exact) mass is 313 g/mol. The predicted molar refractivity (Wildman–Crippen MR) is 85.2 cm³/mol. The number of carboxylic acid groups (broad SMARTS) is 1. The first-order valence-corrected chi connectivity index (χ1v) is 6.72. The normalized spacial score (nSPS) is 9.91. The fourth-order valence-electron chi connectivity index (χ4n) is 1.80. The lowest BCUT2D eigenvalue weighted by Crippen LogP contribution is -2.29. The second kappa shape index (κ2) is 7.08. The van der Waals surface area contributed by atoms with Crippen molar-refractivity contribution in [2.75, 3.05) is 17.6 Å². The summed E-state index contributed by atoms with van der Waals surface area (Å²) in [5.74, 6) is -1.91. The van der Waals surface area contributed by atoms with Crippen LogP contribution in [0.2, 0.25) is 0 Å². The van der Waals surface area contributed by atoms with E-state index in [0.717, 1.165) is 0 Å². The van der Waals surface area contributed by atoms with Crippen LogP contribution >= 0.6 is 0 Å². The Morgan fingerprint density at radius 2 is 1.39 bits per heavy atom. The van der Waals surface area contributed by atoms with E-state index in [4.69, 9.17) is 10.8 Å². The molecule has 0 saturated heterocycles. The van der Waals surface area contributed by atoms with Crippen molar-refractivity contribution >= 4 is 29.2 Å². The maximum absolute atomic E-state index is 12.0. The summed E-state index contributed by atoms with van der Waals surface area (Å²) in [4.78, 5) is 34.1. The number of carboxylic acids is 1. The first-order valence-electron chi connectivity index (χ1n) is 6.72. The molecule has 2 aromatic rings. The number of nitrogen functional groups attached to an aromatic ring is 1. The van der Waals surface area contributed by atoms with E-state index in [0.29, 0.717) is 22.5 Å². The number of benzene rings is 2. The molecule has 0 spiro atoms. The zero-order chi connectivity index (χ0) is 16.8. The van der Waals surface area contributed by atoms with Crippen molar-refractivity contribution in [3.63, 3.8) is 0 Å². The molecule has 2 amide bonds. The number of anilines is 2. The van der Waals surface area contributed by atoms with Crippen molar-refractivity contribution in [1.82, 2.24) is 5.32 Å². The molecule has 5 N–H and O–H groups in total. The van der Waals surface area contributed by atoms with E-state index < -0.39 is 18.4 Å². The van der Waals surface area contributed by atoms with Crippen LogP contribution in [0.25, 0.3) is 0 Å². The van der Waals surface area contributed by atoms with E-state index in [1.54, 1.807) is 36.4 Å². The van der Waals surface area contributed by atoms with E-state index in [1.807, 2.05) is 0 Å². The van der Waals surface area contributed by atoms with Gasteiger partial charge >= 0.3 is 5.97 Å². The summed E-state index contributed by atoms with van der Waals surface area (Å²) in [5.41, 5.74) is 7.41. The molecule has 0 aliphatic heterocycles. The van der Waals surface area contributed by atoms with Gasteiger partial charge in [0.15, 0.2) is 0 Å². The molecular formula is C16H15N3O4. The van der Waals surface area contributed by atoms with Gasteiger partial charge in [0.1, 0.15) is 6.54 Å². The topological polar surface area (TPSA) is 122 Å². The number of carbonyl (C=O) groups is 3. The highest BCUT2D eigenvalue weighted by atomic mass is 16.4. The molecule has 0 atom stereocenters. The maximum Gasteiger partial charge on any atom is 0.322 e. The highest BCUT2D eigenvalue weighted by molar-refractivity contribution is 6.04. The summed E-state index contributed by atoms with van der Waals surface area (Å²) < 4.78 is 0. The largest absolute Gasteiger partial charge is 0.480 e. The van der Waals surface area contributed by atoms with E-state index in [2.05, 4.69) is 10.6 Å². The first kappa shape index (κ1) is 16.0. The second-order valence-electron chi connectivity index (χ2n) is 4.73. The Labute approximate surface area is 132 Å². The average Bonchev–Trinajstić information content (AvgIpc) is 2.54. The number of hydrogen-bond donors (Lipinski definition) is 4. The van der Waals surface area contributed by atoms with Crippen LogP contribution in [0.1, 0.15) is 20.7 Å². The highest BCUT2D eigenvalue weighted by Crippen LogP contribution is 2.12. The lowest BCUT2D eigenvalue weighted by Gasteiger charge is -2.07. The number of carbonyl (C=O) groups excluding carboxylic acids is 2. The average molecular weight is 313 g/mol. The number of nitrogens with two attached hydrogens (primary N) is 1. The van der Waals surface area contributed by atoms with Crippen molar-refractivity contribution in [3.8, 4) is 0 Å². The lowest BCUT2D eigenvalue weighted by molar-refractivity contribution is -0.135. The number of amides is 2. The molecule has 0 saturated carbocycles. The molecule has 0 heterocycles. The first-order chi connectivity index (χ1) is 11.0. The Morgan fingerprint density at radius 3 is 1.96 bits per heavy atom. The van der Waals surface area contributed by atoms with Crippen LogP contribution in [0.15, 0.2) is 48.5 Å². The van der Waals surface area contributed by atoms with Gasteiger partial charge in [0.25, 0.3) is 11.8 Å². The zero-order valence-electron chi connectivity index (χ0n) is 12.1. The Bertz CT molecular complexity index is 724. The lowest BCUT2D eigenvalue weighted by atomic mass is 10.1. The molecule has 23 heavy (non-hydrogen) atoms. The second-order valence-corrected chi connectivity index (χ2v) is 4.73. The van der Waals surface area contributed by atoms with Crippen LogP contribution in [0.5, 0.6) is 0 Å². The summed E-state index contributed by atoms with van der Waals surface area (Å²) in [7, 11) is 0. The molecule has 2 rings (SSSR count). The van der Waals surface area contributed by atoms with Gasteiger partial charge in [-0.1, -0.05) is 0 Å². The van der Waals surface area contributed by atoms with Crippen molar-refractivity contribution in [3.05, 3.63) is 59.7 Å². The van der Waals surface area contributed by atoms with Gasteiger partial charge in [-0.15, -0.1) is 0 Å². The standard InChI is InChI=1S/C16H15N3O4/c17-12-5-1-11(2-6-12)16(23)19-13-7-3-10(4-8-13)15(22)18-9-14(20)21/h1-8H,9,17H2,(H,18,22)(H,19,23)(H,20,21). The number of rotatable bonds is 5. The highest BCUT2D eigenvalue weighted by Gasteiger charge is 2.09. The van der Waals surface area contributed by atoms with Gasteiger partial charge in [0, 0.05) is 22.5 Å². The minimum Gasteiger partial charge on any atom is -0.480 e. The molecular weight excluding hydrogens is 298 g/mol. The summed E-state index contributed by atoms with van der Waals surface area (Å²) in [6.45, 7) is -0.450. The molecule has 0 unspecified atom stereocenters. The molecule has 7 nitrogen and oxygen atoms in total. The molecule has 7 heteroatoms. The van der Waals surface area contributed by atoms with Crippen molar-refractivity contribution in [2.24, 2.45) is 0 Å². The van der Waals surface area contributed by atoms with Crippen molar-refractivity contribution in [1.29, 1.82) is 0 Å². The van der Waals surface area contributed by atoms with Crippen LogP contribution in [0, 0.1) is 0 Å². The SMILES string of the molecule is Nc1ccc(C(=O)Nc2ccc(C(=O)NCC(=O)O)cc2)cc1. The Hall–Kier alpha value is -3.35. The van der Waals surface area contributed by atoms with Crippen molar-refractivity contribution in [2.45, 2.75) is 0 Å². The van der Waals surface area contributed by atoms with Gasteiger partial charge in [0.05, 0.1) is 0 Å². The van der Waals surface area contributed by atoms with Crippen LogP contribution in [0.4, 0.5) is 11.4 Å². The summed E-state index contributed by atoms with van der Waals surface area (Å²) >= 11 is 0. The van der Waals surface area contributed by atoms with Gasteiger partial charge in [0.2, 0.25) is 0 Å². The third kappa shape index (κ3) is 4.57. The minimum absolute atomic E-state index is 0.298. The summed E-state index contributed by atoms with van der Waals surface area (Å²) in [6, 6.07) is 12.6. The van der Waals surface area contributed by atoms with Crippen LogP contribution in [-0.2, 0) is 4.79 Å². The Balaban J connectivity index is 1.99. The van der Waals surface area contributed by atoms with E-state index >= 15 is 0 Å². The van der Waals surface area contributed by atoms with Gasteiger partial charge in [-0.2, -0.15) is 0 Å². The fourth-order valence-corrected chi connectivity index (χ4v) is 1.80. The van der Waals surface area contributed by atoms with Crippen molar-refractivity contribution < 1.29 is 19.5 Å². The fraction of sp³-hybridized carbons (Fsp3) is 0.0625. The molecule has 0 aliphatic rings. The van der Waals surface area contributed by atoms with Gasteiger partial charge in [-0.3, -0.25) is 14.4 Å². The van der Waals surface area contributed by atoms with E-state index in [1.165, 1.54) is 12.1 Å². The van der Waals surface area contributed by atoms with Crippen LogP contribution in [-0.4, -0.2) is 29.4 Å². The number of hydrogen-bond acceptors (Lipinski definition) is 4. The summed E-state index contributed by atoms with van der Waals surface area (Å²) in [6.07, 6.45) is 0. The predicted octanol–water partition coefficient (Wildman–Crippen LogP) is 1.34. The molecule has 0 aromatic heterocycles. The quantitative estimate of drug-likeness (QED) is 0.620. The van der Waals surface area contributed by atoms with Gasteiger partial charge in [-0.25, -0.2) is 0 Å². The molecule has 0 aliphatic carbocycles. The molecule has 2 aromatic carbocycles. The Kier molecular flexibility index (Phi) is 4.93. The van der Waals surface area contributed by atoms with Crippen LogP contribution < -0.4 is 16.4 Å². The molecule has 118 valence electrons. The van der Waals surface area contributed by atoms with E-state index in [9.17, 15) is 14.4 Å². The van der Waals surface area contributed by atoms with Gasteiger partial charge in [-0.05, 0) is 48.5 Å². The molecule has 0 bridgehead atoms. The molecule has 0 fully saturated rings. The minimum atomic E-state index is -1.12. The number of nitrogens with one attached hydrogen (secondary N) is 2. The Morgan fingerprint density at radius 1 is 0.870 bits per heavy atom. The third-order valence-electron chi connectivity index (χ3n) is 2.98. The zero-order valence-corrected chi connectivity index (χ0v) is 12.1.